The SMILES string of the molecule is O=S(=O)(O)N(CC(F)(F)F)CC(F)(F)F. The van der Waals surface area contributed by atoms with E-state index < -0.39 is 40.1 Å². The lowest BCUT2D eigenvalue weighted by Gasteiger charge is -2.20. The van der Waals surface area contributed by atoms with Crippen LogP contribution in [-0.2, 0) is 10.3 Å². The minimum Gasteiger partial charge on any atom is -0.273 e. The van der Waals surface area contributed by atoms with Crippen molar-refractivity contribution in [1.29, 1.82) is 0 Å². The fourth-order valence-electron chi connectivity index (χ4n) is 0.619. The molecule has 15 heavy (non-hydrogen) atoms. The van der Waals surface area contributed by atoms with Crippen LogP contribution in [0.2, 0.25) is 0 Å². The summed E-state index contributed by atoms with van der Waals surface area (Å²) in [6, 6.07) is 0. The lowest BCUT2D eigenvalue weighted by Crippen LogP contribution is -2.43. The first kappa shape index (κ1) is 14.5. The maximum atomic E-state index is 11.6. The second kappa shape index (κ2) is 4.14. The molecule has 0 aliphatic carbocycles. The molecule has 0 atom stereocenters. The Balaban J connectivity index is 4.79. The number of alkyl halides is 6. The second-order valence-electron chi connectivity index (χ2n) is 2.48. The van der Waals surface area contributed by atoms with Crippen LogP contribution in [0, 0.1) is 0 Å². The van der Waals surface area contributed by atoms with Crippen molar-refractivity contribution in [3.63, 3.8) is 0 Å². The van der Waals surface area contributed by atoms with Crippen molar-refractivity contribution in [2.75, 3.05) is 13.1 Å². The second-order valence-corrected chi connectivity index (χ2v) is 3.89. The fourth-order valence-corrected chi connectivity index (χ4v) is 1.24. The lowest BCUT2D eigenvalue weighted by atomic mass is 10.5. The number of hydrogen-bond acceptors (Lipinski definition) is 2. The molecule has 0 saturated carbocycles. The van der Waals surface area contributed by atoms with Crippen LogP contribution in [-0.4, -0.2) is 42.7 Å². The van der Waals surface area contributed by atoms with Gasteiger partial charge in [0.2, 0.25) is 0 Å². The summed E-state index contributed by atoms with van der Waals surface area (Å²) in [6.07, 6.45) is -10.3. The molecule has 0 fully saturated rings. The largest absolute Gasteiger partial charge is 0.402 e. The summed E-state index contributed by atoms with van der Waals surface area (Å²) in [5.41, 5.74) is 0. The molecule has 4 nitrogen and oxygen atoms in total. The lowest BCUT2D eigenvalue weighted by molar-refractivity contribution is -0.166. The fraction of sp³-hybridized carbons (Fsp3) is 1.00. The smallest absolute Gasteiger partial charge is 0.273 e. The van der Waals surface area contributed by atoms with Crippen LogP contribution in [0.25, 0.3) is 0 Å². The number of halogens is 6. The molecular weight excluding hydrogens is 256 g/mol. The number of hydrogen-bond donors (Lipinski definition) is 1. The molecule has 11 heteroatoms. The van der Waals surface area contributed by atoms with E-state index in [0.717, 1.165) is 0 Å². The van der Waals surface area contributed by atoms with Crippen molar-refractivity contribution in [2.45, 2.75) is 12.4 Å². The van der Waals surface area contributed by atoms with Gasteiger partial charge in [0, 0.05) is 0 Å². The Bertz CT molecular complexity index is 289. The van der Waals surface area contributed by atoms with Gasteiger partial charge >= 0.3 is 22.7 Å². The van der Waals surface area contributed by atoms with Gasteiger partial charge in [-0.3, -0.25) is 4.55 Å². The van der Waals surface area contributed by atoms with E-state index in [-0.39, 0.29) is 0 Å². The van der Waals surface area contributed by atoms with E-state index in [4.69, 9.17) is 4.55 Å². The summed E-state index contributed by atoms with van der Waals surface area (Å²) >= 11 is 0. The van der Waals surface area contributed by atoms with E-state index in [9.17, 15) is 34.8 Å². The maximum absolute atomic E-state index is 11.6. The van der Waals surface area contributed by atoms with Crippen LogP contribution in [0.1, 0.15) is 0 Å². The minimum absolute atomic E-state index is 1.12. The highest BCUT2D eigenvalue weighted by Gasteiger charge is 2.42. The summed E-state index contributed by atoms with van der Waals surface area (Å²) in [5.74, 6) is 0. The predicted molar refractivity (Wildman–Crippen MR) is 35.2 cm³/mol. The normalized spacial score (nSPS) is 14.7. The van der Waals surface area contributed by atoms with Gasteiger partial charge in [-0.05, 0) is 0 Å². The van der Waals surface area contributed by atoms with Crippen molar-refractivity contribution in [3.05, 3.63) is 0 Å². The van der Waals surface area contributed by atoms with Crippen LogP contribution in [0.4, 0.5) is 26.3 Å². The Morgan fingerprint density at radius 3 is 1.33 bits per heavy atom. The predicted octanol–water partition coefficient (Wildman–Crippen LogP) is 1.22. The van der Waals surface area contributed by atoms with Crippen molar-refractivity contribution >= 4 is 10.3 Å². The quantitative estimate of drug-likeness (QED) is 0.613. The van der Waals surface area contributed by atoms with E-state index >= 15 is 0 Å². The van der Waals surface area contributed by atoms with Crippen molar-refractivity contribution in [3.8, 4) is 0 Å². The van der Waals surface area contributed by atoms with Crippen molar-refractivity contribution < 1.29 is 39.3 Å². The molecule has 0 radical (unpaired) electrons. The Morgan fingerprint density at radius 1 is 0.933 bits per heavy atom. The molecule has 0 rings (SSSR count). The van der Waals surface area contributed by atoms with Gasteiger partial charge in [0.05, 0.1) is 0 Å². The van der Waals surface area contributed by atoms with Crippen molar-refractivity contribution in [2.24, 2.45) is 0 Å². The molecular formula is C4H5F6NO3S. The van der Waals surface area contributed by atoms with Gasteiger partial charge in [-0.15, -0.1) is 0 Å². The van der Waals surface area contributed by atoms with Gasteiger partial charge in [0.25, 0.3) is 0 Å². The molecule has 0 heterocycles. The van der Waals surface area contributed by atoms with Gasteiger partial charge in [-0.1, -0.05) is 0 Å². The van der Waals surface area contributed by atoms with Gasteiger partial charge in [-0.25, -0.2) is 0 Å². The summed E-state index contributed by atoms with van der Waals surface area (Å²) in [5, 5.41) is 0. The summed E-state index contributed by atoms with van der Waals surface area (Å²) < 4.78 is 97.1. The summed E-state index contributed by atoms with van der Waals surface area (Å²) in [4.78, 5) is 0. The third-order valence-corrected chi connectivity index (χ3v) is 1.95. The highest BCUT2D eigenvalue weighted by Crippen LogP contribution is 2.23. The highest BCUT2D eigenvalue weighted by atomic mass is 32.2. The molecule has 92 valence electrons. The van der Waals surface area contributed by atoms with Crippen molar-refractivity contribution in [1.82, 2.24) is 4.31 Å². The standard InChI is InChI=1S/C4H5F6NO3S/c5-3(6,7)1-11(15(12,13)14)2-4(8,9)10/h1-2H2,(H,12,13,14). The van der Waals surface area contributed by atoms with E-state index in [1.54, 1.807) is 0 Å². The third kappa shape index (κ3) is 7.39. The average molecular weight is 261 g/mol. The van der Waals surface area contributed by atoms with E-state index in [1.165, 1.54) is 0 Å². The number of nitrogens with zero attached hydrogens (tertiary/aromatic N) is 1. The molecule has 0 unspecified atom stereocenters. The first-order valence-corrected chi connectivity index (χ1v) is 4.57. The van der Waals surface area contributed by atoms with E-state index in [0.29, 0.717) is 0 Å². The average Bonchev–Trinajstić information content (AvgIpc) is 1.75. The Hall–Kier alpha value is -0.550. The third-order valence-electron chi connectivity index (χ3n) is 1.04. The van der Waals surface area contributed by atoms with Crippen LogP contribution in [0.5, 0.6) is 0 Å². The van der Waals surface area contributed by atoms with Crippen LogP contribution >= 0.6 is 0 Å². The van der Waals surface area contributed by atoms with Gasteiger partial charge in [-0.2, -0.15) is 39.1 Å². The molecule has 0 amide bonds. The molecule has 0 aliphatic rings. The Kier molecular flexibility index (Phi) is 3.98. The first-order chi connectivity index (χ1) is 6.31. The van der Waals surface area contributed by atoms with E-state index in [1.807, 2.05) is 0 Å². The van der Waals surface area contributed by atoms with Gasteiger partial charge in [0.15, 0.2) is 0 Å². The van der Waals surface area contributed by atoms with Crippen LogP contribution in [0.3, 0.4) is 0 Å². The molecule has 0 bridgehead atoms. The zero-order valence-corrected chi connectivity index (χ0v) is 7.62. The molecule has 0 aliphatic heterocycles. The molecule has 0 aromatic heterocycles. The molecule has 0 spiro atoms. The Morgan fingerprint density at radius 2 is 1.20 bits per heavy atom. The maximum Gasteiger partial charge on any atom is 0.402 e. The highest BCUT2D eigenvalue weighted by molar-refractivity contribution is 7.83. The molecule has 0 aromatic carbocycles. The topological polar surface area (TPSA) is 57.6 Å². The van der Waals surface area contributed by atoms with E-state index in [2.05, 4.69) is 0 Å². The molecule has 1 N–H and O–H groups in total. The van der Waals surface area contributed by atoms with Gasteiger partial charge < -0.3 is 0 Å². The summed E-state index contributed by atoms with van der Waals surface area (Å²) in [7, 11) is -5.54. The van der Waals surface area contributed by atoms with Gasteiger partial charge in [0.1, 0.15) is 13.1 Å². The molecule has 0 aromatic rings. The zero-order valence-electron chi connectivity index (χ0n) is 6.80. The zero-order chi connectivity index (χ0) is 12.5. The monoisotopic (exact) mass is 261 g/mol. The minimum atomic E-state index is -5.54. The summed E-state index contributed by atoms with van der Waals surface area (Å²) in [6.45, 7) is -4.79. The van der Waals surface area contributed by atoms with Crippen LogP contribution < -0.4 is 0 Å². The number of rotatable bonds is 3. The first-order valence-electron chi connectivity index (χ1n) is 3.17. The Labute approximate surface area is 80.4 Å². The van der Waals surface area contributed by atoms with Crippen LogP contribution in [0.15, 0.2) is 0 Å². The molecule has 0 saturated heterocycles.